The van der Waals surface area contributed by atoms with E-state index in [4.69, 9.17) is 23.2 Å². The molecule has 0 radical (unpaired) electrons. The summed E-state index contributed by atoms with van der Waals surface area (Å²) in [5, 5.41) is 0.461. The van der Waals surface area contributed by atoms with E-state index < -0.39 is 12.0 Å². The van der Waals surface area contributed by atoms with Gasteiger partial charge in [-0.25, -0.2) is 9.13 Å². The maximum absolute atomic E-state index is 12.8. The number of rotatable bonds is 0. The minimum atomic E-state index is -4.43. The number of nitrogens with zero attached hydrogens (tertiary/aromatic N) is 2. The van der Waals surface area contributed by atoms with Gasteiger partial charge in [-0.3, -0.25) is 0 Å². The molecule has 1 heterocycles. The first-order valence-electron chi connectivity index (χ1n) is 4.64. The van der Waals surface area contributed by atoms with E-state index >= 15 is 0 Å². The topological polar surface area (TPSA) is 8.81 Å². The first-order valence-corrected chi connectivity index (χ1v) is 5.39. The van der Waals surface area contributed by atoms with Crippen LogP contribution in [-0.2, 0) is 20.3 Å². The van der Waals surface area contributed by atoms with Crippen molar-refractivity contribution in [1.82, 2.24) is 4.57 Å². The van der Waals surface area contributed by atoms with Crippen LogP contribution in [0, 0.1) is 0 Å². The molecular weight excluding hydrogens is 356 g/mol. The number of hydrogen-bond acceptors (Lipinski definition) is 0. The van der Waals surface area contributed by atoms with E-state index in [0.29, 0.717) is 11.0 Å². The van der Waals surface area contributed by atoms with Gasteiger partial charge in [-0.15, -0.1) is 0 Å². The van der Waals surface area contributed by atoms with E-state index in [1.165, 1.54) is 26.2 Å². The summed E-state index contributed by atoms with van der Waals surface area (Å²) in [6, 6.07) is 2.85. The number of hydrogen-bond donors (Lipinski definition) is 0. The van der Waals surface area contributed by atoms with Crippen LogP contribution in [0.4, 0.5) is 13.2 Å². The summed E-state index contributed by atoms with van der Waals surface area (Å²) < 4.78 is 40.6. The summed E-state index contributed by atoms with van der Waals surface area (Å²) in [5.74, 6) is -0.758. The van der Waals surface area contributed by atoms with Crippen LogP contribution in [0.5, 0.6) is 0 Å². The molecule has 1 aromatic carbocycles. The minimum absolute atomic E-state index is 0. The molecule has 0 N–H and O–H groups in total. The summed E-state index contributed by atoms with van der Waals surface area (Å²) in [5.41, 5.74) is 0.767. The second kappa shape index (κ2) is 4.90. The zero-order valence-electron chi connectivity index (χ0n) is 9.32. The van der Waals surface area contributed by atoms with E-state index in [1.54, 1.807) is 0 Å². The highest BCUT2D eigenvalue weighted by atomic mass is 79.9. The lowest BCUT2D eigenvalue weighted by Crippen LogP contribution is -3.00. The van der Waals surface area contributed by atoms with Crippen LogP contribution in [0.25, 0.3) is 11.0 Å². The van der Waals surface area contributed by atoms with Crippen molar-refractivity contribution >= 4 is 34.2 Å². The lowest BCUT2D eigenvalue weighted by Gasteiger charge is -2.01. The normalized spacial score (nSPS) is 11.7. The Morgan fingerprint density at radius 2 is 1.67 bits per heavy atom. The molecule has 2 nitrogen and oxygen atoms in total. The number of aryl methyl sites for hydroxylation is 2. The molecular formula is C10H8BrCl2F3N2. The van der Waals surface area contributed by atoms with Gasteiger partial charge >= 0.3 is 12.0 Å². The molecule has 2 rings (SSSR count). The smallest absolute Gasteiger partial charge is 0.495 e. The van der Waals surface area contributed by atoms with Gasteiger partial charge in [0.05, 0.1) is 24.1 Å². The van der Waals surface area contributed by atoms with Crippen LogP contribution in [0.15, 0.2) is 12.1 Å². The average Bonchev–Trinajstić information content (AvgIpc) is 2.40. The van der Waals surface area contributed by atoms with Crippen molar-refractivity contribution in [3.8, 4) is 0 Å². The Hall–Kier alpha value is -0.460. The molecule has 2 aromatic rings. The summed E-state index contributed by atoms with van der Waals surface area (Å²) in [6.07, 6.45) is -4.43. The maximum atomic E-state index is 12.8. The number of fused-ring (bicyclic) bond motifs is 1. The molecule has 0 saturated heterocycles. The lowest BCUT2D eigenvalue weighted by atomic mass is 10.3. The number of halogens is 6. The number of alkyl halides is 3. The third kappa shape index (κ3) is 2.33. The predicted octanol–water partition coefficient (Wildman–Crippen LogP) is 0.332. The van der Waals surface area contributed by atoms with E-state index in [1.807, 2.05) is 0 Å². The Balaban J connectivity index is 0.00000162. The highest BCUT2D eigenvalue weighted by Crippen LogP contribution is 2.32. The molecule has 1 aromatic heterocycles. The Labute approximate surface area is 122 Å². The van der Waals surface area contributed by atoms with Gasteiger partial charge in [0.15, 0.2) is 11.0 Å². The molecule has 0 spiro atoms. The van der Waals surface area contributed by atoms with Crippen molar-refractivity contribution in [2.24, 2.45) is 14.1 Å². The van der Waals surface area contributed by atoms with E-state index in [2.05, 4.69) is 0 Å². The molecule has 0 amide bonds. The quantitative estimate of drug-likeness (QED) is 0.597. The van der Waals surface area contributed by atoms with Crippen molar-refractivity contribution in [1.29, 1.82) is 0 Å². The van der Waals surface area contributed by atoms with Gasteiger partial charge in [0, 0.05) is 12.1 Å². The van der Waals surface area contributed by atoms with Gasteiger partial charge in [-0.05, 0) is 0 Å². The molecule has 8 heteroatoms. The number of imidazole rings is 1. The van der Waals surface area contributed by atoms with Crippen LogP contribution >= 0.6 is 23.2 Å². The molecule has 0 unspecified atom stereocenters. The molecule has 0 fully saturated rings. The molecule has 18 heavy (non-hydrogen) atoms. The van der Waals surface area contributed by atoms with Crippen LogP contribution in [0.1, 0.15) is 5.82 Å². The fraction of sp³-hybridized carbons (Fsp3) is 0.300. The molecule has 0 aliphatic rings. The Morgan fingerprint density at radius 3 is 2.17 bits per heavy atom. The van der Waals surface area contributed by atoms with Crippen molar-refractivity contribution in [3.05, 3.63) is 28.0 Å². The molecule has 0 saturated carbocycles. The maximum Gasteiger partial charge on any atom is 0.495 e. The first kappa shape index (κ1) is 15.6. The minimum Gasteiger partial charge on any atom is -1.00 e. The number of aromatic nitrogens is 2. The van der Waals surface area contributed by atoms with Crippen LogP contribution in [-0.4, -0.2) is 4.57 Å². The zero-order valence-corrected chi connectivity index (χ0v) is 12.4. The molecule has 0 atom stereocenters. The van der Waals surface area contributed by atoms with Gasteiger partial charge < -0.3 is 17.0 Å². The highest BCUT2D eigenvalue weighted by Gasteiger charge is 2.45. The Kier molecular flexibility index (Phi) is 4.25. The van der Waals surface area contributed by atoms with Gasteiger partial charge in [-0.1, -0.05) is 23.2 Å². The van der Waals surface area contributed by atoms with E-state index in [-0.39, 0.29) is 27.0 Å². The van der Waals surface area contributed by atoms with E-state index in [9.17, 15) is 13.2 Å². The average molecular weight is 364 g/mol. The van der Waals surface area contributed by atoms with Gasteiger partial charge in [0.25, 0.3) is 0 Å². The molecule has 100 valence electrons. The fourth-order valence-corrected chi connectivity index (χ4v) is 2.21. The monoisotopic (exact) mass is 362 g/mol. The van der Waals surface area contributed by atoms with Crippen molar-refractivity contribution in [2.45, 2.75) is 6.18 Å². The van der Waals surface area contributed by atoms with Gasteiger partial charge in [0.1, 0.15) is 0 Å². The van der Waals surface area contributed by atoms with Crippen molar-refractivity contribution < 1.29 is 34.7 Å². The largest absolute Gasteiger partial charge is 1.00 e. The number of benzene rings is 1. The van der Waals surface area contributed by atoms with Gasteiger partial charge in [0.2, 0.25) is 0 Å². The summed E-state index contributed by atoms with van der Waals surface area (Å²) >= 11 is 11.6. The standard InChI is InChI=1S/C10H8Cl2F3N2.BrH/c1-16-7-3-5(11)6(12)4-8(7)17(2)9(16)10(13,14)15;/h3-4H,1-2H3;1H/q+1;/p-1. The molecule has 0 bridgehead atoms. The second-order valence-electron chi connectivity index (χ2n) is 3.69. The van der Waals surface area contributed by atoms with Crippen LogP contribution in [0.2, 0.25) is 10.0 Å². The second-order valence-corrected chi connectivity index (χ2v) is 4.51. The zero-order chi connectivity index (χ0) is 13.0. The Bertz CT molecular complexity index is 562. The predicted molar refractivity (Wildman–Crippen MR) is 59.1 cm³/mol. The molecule has 0 aliphatic carbocycles. The summed E-state index contributed by atoms with van der Waals surface area (Å²) in [4.78, 5) is 0. The summed E-state index contributed by atoms with van der Waals surface area (Å²) in [6.45, 7) is 0. The van der Waals surface area contributed by atoms with Crippen molar-refractivity contribution in [2.75, 3.05) is 0 Å². The third-order valence-electron chi connectivity index (χ3n) is 2.63. The molecule has 0 aliphatic heterocycles. The fourth-order valence-electron chi connectivity index (χ4n) is 1.90. The Morgan fingerprint density at radius 1 is 1.17 bits per heavy atom. The highest BCUT2D eigenvalue weighted by molar-refractivity contribution is 6.42. The lowest BCUT2D eigenvalue weighted by molar-refractivity contribution is -0.667. The van der Waals surface area contributed by atoms with Crippen molar-refractivity contribution in [3.63, 3.8) is 0 Å². The van der Waals surface area contributed by atoms with Gasteiger partial charge in [-0.2, -0.15) is 13.2 Å². The summed E-state index contributed by atoms with van der Waals surface area (Å²) in [7, 11) is 2.69. The van der Waals surface area contributed by atoms with Crippen LogP contribution < -0.4 is 21.5 Å². The SMILES string of the molecule is Cn1c(C(F)(F)F)[n+](C)c2cc(Cl)c(Cl)cc21.[Br-]. The van der Waals surface area contributed by atoms with Crippen LogP contribution in [0.3, 0.4) is 0 Å². The third-order valence-corrected chi connectivity index (χ3v) is 3.35. The van der Waals surface area contributed by atoms with E-state index in [0.717, 1.165) is 9.13 Å². The first-order chi connectivity index (χ1) is 7.73.